The molecule has 5 aromatic rings. The predicted octanol–water partition coefficient (Wildman–Crippen LogP) is 7.22. The van der Waals surface area contributed by atoms with Crippen LogP contribution in [0.25, 0.3) is 0 Å². The molecule has 0 radical (unpaired) electrons. The number of rotatable bonds is 28. The molecule has 0 heterocycles. The van der Waals surface area contributed by atoms with Gasteiger partial charge in [0.15, 0.2) is 11.5 Å². The van der Waals surface area contributed by atoms with Crippen molar-refractivity contribution in [1.29, 1.82) is 0 Å². The van der Waals surface area contributed by atoms with Gasteiger partial charge in [0.1, 0.15) is 13.2 Å². The Kier molecular flexibility index (Phi) is 30.7. The number of hydrogen-bond donors (Lipinski definition) is 7. The van der Waals surface area contributed by atoms with E-state index in [0.717, 1.165) is 48.1 Å². The number of hydrogen-bond acceptors (Lipinski definition) is 15. The lowest BCUT2D eigenvalue weighted by atomic mass is 9.88. The maximum absolute atomic E-state index is 12.9. The molecule has 0 fully saturated rings. The Bertz CT molecular complexity index is 2260. The SMILES string of the molecule is CC[C@@](N)(CO)c1ccccc1.CC[C@](CO)(NC(=O)COC)c1ccccc1.CC[C@](CO)(NCCOC)c1ccccc1.CC[C@](COC(=O)c1cc(OC)c(OC)c(OC)c1)(NCCOC)c1ccccc1. The van der Waals surface area contributed by atoms with Crippen LogP contribution in [0.5, 0.6) is 17.2 Å². The van der Waals surface area contributed by atoms with Crippen LogP contribution in [0.3, 0.4) is 0 Å². The highest BCUT2D eigenvalue weighted by molar-refractivity contribution is 5.91. The van der Waals surface area contributed by atoms with Crippen molar-refractivity contribution in [2.24, 2.45) is 5.73 Å². The van der Waals surface area contributed by atoms with Gasteiger partial charge in [-0.3, -0.25) is 4.79 Å². The zero-order valence-electron chi connectivity index (χ0n) is 46.0. The summed E-state index contributed by atoms with van der Waals surface area (Å²) in [5, 5.41) is 38.0. The van der Waals surface area contributed by atoms with Gasteiger partial charge in [-0.25, -0.2) is 4.79 Å². The number of aliphatic hydroxyl groups excluding tert-OH is 3. The maximum atomic E-state index is 12.9. The zero-order chi connectivity index (χ0) is 55.6. The van der Waals surface area contributed by atoms with Gasteiger partial charge in [0, 0.05) is 34.4 Å². The third-order valence-electron chi connectivity index (χ3n) is 13.1. The lowest BCUT2D eigenvalue weighted by molar-refractivity contribution is -0.127. The molecule has 0 saturated carbocycles. The lowest BCUT2D eigenvalue weighted by Crippen LogP contribution is -2.49. The Morgan fingerprint density at radius 1 is 0.507 bits per heavy atom. The lowest BCUT2D eigenvalue weighted by Gasteiger charge is -2.34. The summed E-state index contributed by atoms with van der Waals surface area (Å²) in [6.45, 7) is 10.7. The molecular weight excluding hydrogens is 957 g/mol. The first-order chi connectivity index (χ1) is 36.2. The third kappa shape index (κ3) is 19.6. The van der Waals surface area contributed by atoms with Gasteiger partial charge in [-0.15, -0.1) is 0 Å². The highest BCUT2D eigenvalue weighted by Gasteiger charge is 2.33. The van der Waals surface area contributed by atoms with E-state index in [1.165, 1.54) is 28.4 Å². The second kappa shape index (κ2) is 35.4. The van der Waals surface area contributed by atoms with Crippen LogP contribution >= 0.6 is 0 Å². The minimum Gasteiger partial charge on any atom is -0.493 e. The van der Waals surface area contributed by atoms with Crippen LogP contribution in [0.4, 0.5) is 0 Å². The van der Waals surface area contributed by atoms with E-state index >= 15 is 0 Å². The van der Waals surface area contributed by atoms with Crippen molar-refractivity contribution >= 4 is 11.9 Å². The van der Waals surface area contributed by atoms with Crippen LogP contribution < -0.4 is 35.9 Å². The summed E-state index contributed by atoms with van der Waals surface area (Å²) in [6.07, 6.45) is 2.93. The molecule has 8 N–H and O–H groups in total. The molecule has 414 valence electrons. The summed E-state index contributed by atoms with van der Waals surface area (Å²) in [6, 6.07) is 42.3. The molecule has 0 aliphatic heterocycles. The average Bonchev–Trinajstić information content (AvgIpc) is 3.47. The van der Waals surface area contributed by atoms with Gasteiger partial charge in [0.05, 0.1) is 82.1 Å². The van der Waals surface area contributed by atoms with Gasteiger partial charge in [-0.2, -0.15) is 0 Å². The number of benzene rings is 5. The summed E-state index contributed by atoms with van der Waals surface area (Å²) in [5.74, 6) is 0.507. The molecule has 5 aromatic carbocycles. The van der Waals surface area contributed by atoms with E-state index in [4.69, 9.17) is 44.0 Å². The Hall–Kier alpha value is -5.92. The average molecular weight is 1040 g/mol. The van der Waals surface area contributed by atoms with Crippen molar-refractivity contribution in [1.82, 2.24) is 16.0 Å². The molecule has 16 nitrogen and oxygen atoms in total. The Morgan fingerprint density at radius 3 is 1.25 bits per heavy atom. The molecule has 16 heteroatoms. The molecule has 1 amide bonds. The molecule has 5 rings (SSSR count). The number of carbonyl (C=O) groups is 2. The molecule has 0 saturated heterocycles. The highest BCUT2D eigenvalue weighted by atomic mass is 16.5. The molecule has 0 unspecified atom stereocenters. The smallest absolute Gasteiger partial charge is 0.338 e. The second-order valence-corrected chi connectivity index (χ2v) is 17.6. The first-order valence-electron chi connectivity index (χ1n) is 25.3. The summed E-state index contributed by atoms with van der Waals surface area (Å²) in [7, 11) is 9.32. The number of esters is 1. The van der Waals surface area contributed by atoms with E-state index in [0.29, 0.717) is 49.0 Å². The highest BCUT2D eigenvalue weighted by Crippen LogP contribution is 2.38. The van der Waals surface area contributed by atoms with Gasteiger partial charge < -0.3 is 70.2 Å². The largest absolute Gasteiger partial charge is 0.493 e. The van der Waals surface area contributed by atoms with Gasteiger partial charge in [-0.1, -0.05) is 149 Å². The number of methoxy groups -OCH3 is 6. The number of nitrogens with one attached hydrogen (secondary N) is 3. The molecule has 75 heavy (non-hydrogen) atoms. The minimum atomic E-state index is -0.725. The van der Waals surface area contributed by atoms with Gasteiger partial charge in [0.25, 0.3) is 0 Å². The van der Waals surface area contributed by atoms with Crippen LogP contribution in [0, 0.1) is 0 Å². The van der Waals surface area contributed by atoms with E-state index in [1.807, 2.05) is 135 Å². The summed E-state index contributed by atoms with van der Waals surface area (Å²) < 4.78 is 36.7. The van der Waals surface area contributed by atoms with E-state index in [9.17, 15) is 19.8 Å². The van der Waals surface area contributed by atoms with Crippen molar-refractivity contribution in [2.45, 2.75) is 75.5 Å². The molecule has 0 bridgehead atoms. The third-order valence-corrected chi connectivity index (χ3v) is 13.1. The minimum absolute atomic E-state index is 0.00537. The van der Waals surface area contributed by atoms with E-state index in [1.54, 1.807) is 26.4 Å². The quantitative estimate of drug-likeness (QED) is 0.0194. The van der Waals surface area contributed by atoms with Crippen molar-refractivity contribution < 1.29 is 58.1 Å². The predicted molar refractivity (Wildman–Crippen MR) is 295 cm³/mol. The number of ether oxygens (including phenoxy) is 7. The standard InChI is InChI=1S/C23H31NO6.C13H19NO3.C13H21NO2.C10H15NO/c1-6-23(24-12-13-26-2,18-10-8-7-9-11-18)16-30-22(25)17-14-19(27-3)21(29-5)20(15-17)28-4;1-3-13(10-15,14-12(16)9-17-2)11-7-5-4-6-8-11;1-3-13(11-15,14-9-10-16-2)12-7-5-4-6-8-12;1-2-10(11,8-12)9-6-4-3-5-7-9/h7-11,14-15,24H,6,12-13,16H2,1-5H3;4-8,15H,3,9-10H2,1-2H3,(H,14,16);4-8,14-15H,3,9-11H2,1-2H3;3-7,12H,2,8,11H2,1H3/t23-;2*13-;10-/m1111/s1. The number of nitrogens with two attached hydrogens (primary N) is 1. The van der Waals surface area contributed by atoms with Crippen molar-refractivity contribution in [3.63, 3.8) is 0 Å². The van der Waals surface area contributed by atoms with E-state index < -0.39 is 22.6 Å². The summed E-state index contributed by atoms with van der Waals surface area (Å²) >= 11 is 0. The van der Waals surface area contributed by atoms with Crippen LogP contribution in [-0.4, -0.2) is 129 Å². The summed E-state index contributed by atoms with van der Waals surface area (Å²) in [5.41, 5.74) is 8.17. The van der Waals surface area contributed by atoms with Gasteiger partial charge in [-0.05, 0) is 60.1 Å². The Labute approximate surface area is 446 Å². The molecule has 4 atom stereocenters. The number of carbonyl (C=O) groups excluding carboxylic acids is 2. The van der Waals surface area contributed by atoms with E-state index in [-0.39, 0.29) is 44.5 Å². The normalized spacial score (nSPS) is 13.9. The topological polar surface area (TPSA) is 222 Å². The van der Waals surface area contributed by atoms with Crippen LogP contribution in [0.15, 0.2) is 133 Å². The first-order valence-corrected chi connectivity index (χ1v) is 25.3. The van der Waals surface area contributed by atoms with Crippen LogP contribution in [0.1, 0.15) is 86.0 Å². The monoisotopic (exact) mass is 1040 g/mol. The van der Waals surface area contributed by atoms with Crippen LogP contribution in [0.2, 0.25) is 0 Å². The fourth-order valence-electron chi connectivity index (χ4n) is 8.10. The van der Waals surface area contributed by atoms with E-state index in [2.05, 4.69) is 29.8 Å². The fourth-order valence-corrected chi connectivity index (χ4v) is 8.10. The second-order valence-electron chi connectivity index (χ2n) is 17.6. The van der Waals surface area contributed by atoms with Crippen LogP contribution in [-0.2, 0) is 45.9 Å². The van der Waals surface area contributed by atoms with Gasteiger partial charge >= 0.3 is 5.97 Å². The van der Waals surface area contributed by atoms with Crippen molar-refractivity contribution in [3.05, 3.63) is 161 Å². The summed E-state index contributed by atoms with van der Waals surface area (Å²) in [4.78, 5) is 24.5. The molecular formula is C59H86N4O12. The zero-order valence-corrected chi connectivity index (χ0v) is 46.0. The number of aliphatic hydroxyl groups is 3. The van der Waals surface area contributed by atoms with Gasteiger partial charge in [0.2, 0.25) is 11.7 Å². The Balaban J connectivity index is 0.000000366. The Morgan fingerprint density at radius 2 is 0.907 bits per heavy atom. The van der Waals surface area contributed by atoms with Crippen molar-refractivity contribution in [2.75, 3.05) is 102 Å². The maximum Gasteiger partial charge on any atom is 0.338 e. The van der Waals surface area contributed by atoms with Crippen molar-refractivity contribution in [3.8, 4) is 17.2 Å². The molecule has 0 aliphatic rings. The molecule has 0 spiro atoms. The number of amides is 1. The molecule has 0 aromatic heterocycles. The molecule has 0 aliphatic carbocycles. The first kappa shape index (κ1) is 65.2. The fraction of sp³-hybridized carbons (Fsp3) is 0.458.